The summed E-state index contributed by atoms with van der Waals surface area (Å²) in [6.45, 7) is 4.75. The highest BCUT2D eigenvalue weighted by atomic mass is 35.5. The van der Waals surface area contributed by atoms with Gasteiger partial charge in [-0.1, -0.05) is 11.6 Å². The zero-order valence-electron chi connectivity index (χ0n) is 9.01. The van der Waals surface area contributed by atoms with E-state index in [1.54, 1.807) is 20.8 Å². The second-order valence-corrected chi connectivity index (χ2v) is 4.66. The molecule has 1 unspecified atom stereocenters. The molecule has 0 aromatic heterocycles. The average molecular weight is 232 g/mol. The van der Waals surface area contributed by atoms with Crippen LogP contribution in [0.3, 0.4) is 0 Å². The van der Waals surface area contributed by atoms with E-state index >= 15 is 0 Å². The number of aryl methyl sites for hydroxylation is 1. The molecule has 0 aliphatic rings. The fraction of sp³-hybridized carbons (Fsp3) is 0.455. The Morgan fingerprint density at radius 3 is 2.47 bits per heavy atom. The molecular formula is C11H15ClFNO. The maximum atomic E-state index is 13.3. The summed E-state index contributed by atoms with van der Waals surface area (Å²) in [6.07, 6.45) is 0. The van der Waals surface area contributed by atoms with Crippen LogP contribution in [-0.2, 0) is 0 Å². The molecule has 15 heavy (non-hydrogen) atoms. The van der Waals surface area contributed by atoms with Gasteiger partial charge in [-0.15, -0.1) is 0 Å². The van der Waals surface area contributed by atoms with Gasteiger partial charge in [0.1, 0.15) is 5.82 Å². The lowest BCUT2D eigenvalue weighted by molar-refractivity contribution is 0.0516. The normalized spacial score (nSPS) is 14.1. The largest absolute Gasteiger partial charge is 0.388 e. The summed E-state index contributed by atoms with van der Waals surface area (Å²) in [7, 11) is 0. The van der Waals surface area contributed by atoms with Crippen molar-refractivity contribution in [3.63, 3.8) is 0 Å². The molecule has 1 aromatic rings. The molecule has 0 spiro atoms. The number of aliphatic hydroxyl groups is 1. The van der Waals surface area contributed by atoms with Gasteiger partial charge in [0.25, 0.3) is 0 Å². The number of rotatable bonds is 2. The van der Waals surface area contributed by atoms with Gasteiger partial charge in [-0.25, -0.2) is 4.39 Å². The fourth-order valence-corrected chi connectivity index (χ4v) is 1.62. The standard InChI is InChI=1S/C11H15ClFNO/c1-6-4-8(12)7(5-9(6)13)10(14)11(2,3)15/h4-5,10,15H,14H2,1-3H3. The van der Waals surface area contributed by atoms with E-state index in [9.17, 15) is 9.50 Å². The minimum atomic E-state index is -1.13. The monoisotopic (exact) mass is 231 g/mol. The van der Waals surface area contributed by atoms with Crippen LogP contribution >= 0.6 is 11.6 Å². The van der Waals surface area contributed by atoms with Gasteiger partial charge in [0.2, 0.25) is 0 Å². The van der Waals surface area contributed by atoms with Crippen LogP contribution < -0.4 is 5.73 Å². The van der Waals surface area contributed by atoms with Crippen LogP contribution in [0.1, 0.15) is 31.0 Å². The van der Waals surface area contributed by atoms with Crippen LogP contribution in [0.15, 0.2) is 12.1 Å². The van der Waals surface area contributed by atoms with E-state index in [4.69, 9.17) is 17.3 Å². The first-order valence-corrected chi connectivity index (χ1v) is 5.04. The summed E-state index contributed by atoms with van der Waals surface area (Å²) in [6, 6.07) is 2.08. The molecular weight excluding hydrogens is 217 g/mol. The molecule has 1 rings (SSSR count). The predicted octanol–water partition coefficient (Wildman–Crippen LogP) is 2.56. The third-order valence-corrected chi connectivity index (χ3v) is 2.70. The summed E-state index contributed by atoms with van der Waals surface area (Å²) in [5, 5.41) is 10.1. The van der Waals surface area contributed by atoms with Crippen LogP contribution in [-0.4, -0.2) is 10.7 Å². The Morgan fingerprint density at radius 1 is 1.47 bits per heavy atom. The molecule has 0 heterocycles. The molecule has 0 fully saturated rings. The van der Waals surface area contributed by atoms with Crippen LogP contribution in [0.4, 0.5) is 4.39 Å². The van der Waals surface area contributed by atoms with Gasteiger partial charge in [0.05, 0.1) is 11.6 Å². The van der Waals surface area contributed by atoms with Gasteiger partial charge in [-0.3, -0.25) is 0 Å². The molecule has 3 N–H and O–H groups in total. The van der Waals surface area contributed by atoms with Gasteiger partial charge >= 0.3 is 0 Å². The molecule has 0 saturated heterocycles. The highest BCUT2D eigenvalue weighted by Gasteiger charge is 2.27. The van der Waals surface area contributed by atoms with Crippen molar-refractivity contribution in [1.82, 2.24) is 0 Å². The Hall–Kier alpha value is -0.640. The Kier molecular flexibility index (Phi) is 3.38. The lowest BCUT2D eigenvalue weighted by Crippen LogP contribution is -2.35. The Balaban J connectivity index is 3.21. The van der Waals surface area contributed by atoms with E-state index in [0.717, 1.165) is 0 Å². The third kappa shape index (κ3) is 2.68. The Morgan fingerprint density at radius 2 is 2.00 bits per heavy atom. The quantitative estimate of drug-likeness (QED) is 0.822. The van der Waals surface area contributed by atoms with Crippen molar-refractivity contribution in [2.75, 3.05) is 0 Å². The zero-order chi connectivity index (χ0) is 11.8. The molecule has 2 nitrogen and oxygen atoms in total. The molecule has 0 saturated carbocycles. The first kappa shape index (κ1) is 12.4. The van der Waals surface area contributed by atoms with Gasteiger partial charge in [0.15, 0.2) is 0 Å². The lowest BCUT2D eigenvalue weighted by atomic mass is 9.92. The Bertz CT molecular complexity index is 374. The first-order valence-electron chi connectivity index (χ1n) is 4.67. The molecule has 4 heteroatoms. The van der Waals surface area contributed by atoms with Crippen molar-refractivity contribution in [1.29, 1.82) is 0 Å². The minimum absolute atomic E-state index is 0.367. The minimum Gasteiger partial charge on any atom is -0.388 e. The van der Waals surface area contributed by atoms with E-state index in [1.807, 2.05) is 0 Å². The number of hydrogen-bond donors (Lipinski definition) is 2. The predicted molar refractivity (Wildman–Crippen MR) is 59.4 cm³/mol. The molecule has 1 aromatic carbocycles. The second-order valence-electron chi connectivity index (χ2n) is 4.25. The van der Waals surface area contributed by atoms with E-state index in [2.05, 4.69) is 0 Å². The van der Waals surface area contributed by atoms with E-state index in [1.165, 1.54) is 12.1 Å². The summed E-state index contributed by atoms with van der Waals surface area (Å²) >= 11 is 5.94. The van der Waals surface area contributed by atoms with Crippen LogP contribution in [0.25, 0.3) is 0 Å². The summed E-state index contributed by atoms with van der Waals surface area (Å²) < 4.78 is 13.3. The summed E-state index contributed by atoms with van der Waals surface area (Å²) in [5.41, 5.74) is 5.55. The summed E-state index contributed by atoms with van der Waals surface area (Å²) in [4.78, 5) is 0. The number of hydrogen-bond acceptors (Lipinski definition) is 2. The summed E-state index contributed by atoms with van der Waals surface area (Å²) in [5.74, 6) is -0.367. The van der Waals surface area contributed by atoms with Gasteiger partial charge < -0.3 is 10.8 Å². The number of nitrogens with two attached hydrogens (primary N) is 1. The third-order valence-electron chi connectivity index (χ3n) is 2.37. The van der Waals surface area contributed by atoms with Crippen molar-refractivity contribution in [2.45, 2.75) is 32.4 Å². The SMILES string of the molecule is Cc1cc(Cl)c(C(N)C(C)(C)O)cc1F. The highest BCUT2D eigenvalue weighted by molar-refractivity contribution is 6.31. The highest BCUT2D eigenvalue weighted by Crippen LogP contribution is 2.30. The van der Waals surface area contributed by atoms with Crippen molar-refractivity contribution in [3.05, 3.63) is 34.1 Å². The van der Waals surface area contributed by atoms with Crippen molar-refractivity contribution < 1.29 is 9.50 Å². The number of halogens is 2. The number of benzene rings is 1. The van der Waals surface area contributed by atoms with Crippen LogP contribution in [0, 0.1) is 12.7 Å². The first-order chi connectivity index (χ1) is 6.73. The lowest BCUT2D eigenvalue weighted by Gasteiger charge is -2.27. The fourth-order valence-electron chi connectivity index (χ4n) is 1.28. The maximum absolute atomic E-state index is 13.3. The Labute approximate surface area is 93.9 Å². The van der Waals surface area contributed by atoms with Gasteiger partial charge in [-0.05, 0) is 44.0 Å². The molecule has 0 aliphatic carbocycles. The molecule has 0 aliphatic heterocycles. The van der Waals surface area contributed by atoms with Crippen LogP contribution in [0.5, 0.6) is 0 Å². The van der Waals surface area contributed by atoms with E-state index in [-0.39, 0.29) is 5.82 Å². The molecule has 1 atom stereocenters. The van der Waals surface area contributed by atoms with Gasteiger partial charge in [0, 0.05) is 5.02 Å². The van der Waals surface area contributed by atoms with Crippen molar-refractivity contribution >= 4 is 11.6 Å². The molecule has 0 bridgehead atoms. The smallest absolute Gasteiger partial charge is 0.126 e. The van der Waals surface area contributed by atoms with Crippen molar-refractivity contribution in [2.24, 2.45) is 5.73 Å². The zero-order valence-corrected chi connectivity index (χ0v) is 9.77. The maximum Gasteiger partial charge on any atom is 0.126 e. The topological polar surface area (TPSA) is 46.2 Å². The van der Waals surface area contributed by atoms with Crippen LogP contribution in [0.2, 0.25) is 5.02 Å². The van der Waals surface area contributed by atoms with E-state index < -0.39 is 11.6 Å². The van der Waals surface area contributed by atoms with E-state index in [0.29, 0.717) is 16.1 Å². The van der Waals surface area contributed by atoms with Gasteiger partial charge in [-0.2, -0.15) is 0 Å². The molecule has 0 radical (unpaired) electrons. The molecule has 0 amide bonds. The second kappa shape index (κ2) is 4.08. The van der Waals surface area contributed by atoms with Crippen molar-refractivity contribution in [3.8, 4) is 0 Å². The average Bonchev–Trinajstić information content (AvgIpc) is 2.08. The molecule has 84 valence electrons.